The van der Waals surface area contributed by atoms with Crippen LogP contribution < -0.4 is 10.9 Å². The van der Waals surface area contributed by atoms with Crippen LogP contribution in [0.3, 0.4) is 0 Å². The lowest BCUT2D eigenvalue weighted by molar-refractivity contribution is 0.0953. The van der Waals surface area contributed by atoms with Crippen LogP contribution in [0.4, 0.5) is 0 Å². The van der Waals surface area contributed by atoms with E-state index in [1.807, 2.05) is 6.92 Å². The molecule has 0 aliphatic heterocycles. The number of aromatic nitrogens is 2. The van der Waals surface area contributed by atoms with Gasteiger partial charge in [0.05, 0.1) is 16.5 Å². The lowest BCUT2D eigenvalue weighted by Gasteiger charge is -2.04. The van der Waals surface area contributed by atoms with Crippen molar-refractivity contribution in [1.29, 1.82) is 0 Å². The molecule has 0 unspecified atom stereocenters. The van der Waals surface area contributed by atoms with E-state index in [1.165, 1.54) is 17.4 Å². The van der Waals surface area contributed by atoms with Crippen LogP contribution in [-0.2, 0) is 7.05 Å². The molecule has 19 heavy (non-hydrogen) atoms. The van der Waals surface area contributed by atoms with E-state index in [9.17, 15) is 9.59 Å². The molecular formula is C14H17N3O2. The van der Waals surface area contributed by atoms with Crippen molar-refractivity contribution in [2.24, 2.45) is 13.0 Å². The monoisotopic (exact) mass is 259 g/mol. The first-order valence-corrected chi connectivity index (χ1v) is 6.53. The molecule has 2 aromatic rings. The Bertz CT molecular complexity index is 707. The van der Waals surface area contributed by atoms with Crippen molar-refractivity contribution in [2.45, 2.75) is 19.8 Å². The van der Waals surface area contributed by atoms with Crippen molar-refractivity contribution >= 4 is 16.8 Å². The fourth-order valence-electron chi connectivity index (χ4n) is 2.38. The van der Waals surface area contributed by atoms with E-state index in [-0.39, 0.29) is 11.5 Å². The maximum atomic E-state index is 12.2. The van der Waals surface area contributed by atoms with Gasteiger partial charge in [0.1, 0.15) is 0 Å². The first-order chi connectivity index (χ1) is 9.08. The number of amides is 1. The predicted octanol–water partition coefficient (Wildman–Crippen LogP) is 1.31. The lowest BCUT2D eigenvalue weighted by atomic mass is 10.1. The molecule has 1 saturated carbocycles. The molecule has 0 spiro atoms. The summed E-state index contributed by atoms with van der Waals surface area (Å²) in [7, 11) is 1.70. The first kappa shape index (κ1) is 12.0. The molecule has 2 N–H and O–H groups in total. The van der Waals surface area contributed by atoms with Gasteiger partial charge >= 0.3 is 0 Å². The van der Waals surface area contributed by atoms with Gasteiger partial charge in [-0.3, -0.25) is 9.59 Å². The number of fused-ring (bicyclic) bond motifs is 1. The maximum Gasteiger partial charge on any atom is 0.260 e. The number of nitrogens with one attached hydrogen (secondary N) is 2. The molecule has 1 aliphatic rings. The third-order valence-electron chi connectivity index (χ3n) is 3.69. The zero-order valence-corrected chi connectivity index (χ0v) is 11.1. The minimum absolute atomic E-state index is 0.140. The smallest absolute Gasteiger partial charge is 0.260 e. The first-order valence-electron chi connectivity index (χ1n) is 6.53. The molecule has 2 heterocycles. The van der Waals surface area contributed by atoms with E-state index >= 15 is 0 Å². The number of carbonyl (C=O) groups excluding carboxylic acids is 1. The number of carbonyl (C=O) groups is 1. The SMILES string of the molecule is Cc1cn(C)c(=O)c2c(C(=O)NCC3CC3)c[nH]c12. The van der Waals surface area contributed by atoms with Gasteiger partial charge in [-0.25, -0.2) is 0 Å². The summed E-state index contributed by atoms with van der Waals surface area (Å²) < 4.78 is 1.52. The molecule has 0 radical (unpaired) electrons. The summed E-state index contributed by atoms with van der Waals surface area (Å²) in [6.45, 7) is 2.63. The van der Waals surface area contributed by atoms with Crippen LogP contribution in [0.5, 0.6) is 0 Å². The highest BCUT2D eigenvalue weighted by atomic mass is 16.2. The number of aromatic amines is 1. The van der Waals surface area contributed by atoms with Crippen molar-refractivity contribution in [3.05, 3.63) is 33.9 Å². The van der Waals surface area contributed by atoms with E-state index < -0.39 is 0 Å². The van der Waals surface area contributed by atoms with Gasteiger partial charge in [-0.15, -0.1) is 0 Å². The lowest BCUT2D eigenvalue weighted by Crippen LogP contribution is -2.27. The van der Waals surface area contributed by atoms with Crippen molar-refractivity contribution in [1.82, 2.24) is 14.9 Å². The second kappa shape index (κ2) is 4.26. The zero-order chi connectivity index (χ0) is 13.6. The van der Waals surface area contributed by atoms with Gasteiger partial charge in [-0.2, -0.15) is 0 Å². The topological polar surface area (TPSA) is 66.9 Å². The van der Waals surface area contributed by atoms with Gasteiger partial charge in [0.2, 0.25) is 0 Å². The Morgan fingerprint density at radius 1 is 1.53 bits per heavy atom. The van der Waals surface area contributed by atoms with Crippen molar-refractivity contribution < 1.29 is 4.79 Å². The van der Waals surface area contributed by atoms with Gasteiger partial charge < -0.3 is 14.9 Å². The molecule has 5 nitrogen and oxygen atoms in total. The Labute approximate surface area is 110 Å². The minimum atomic E-state index is -0.166. The molecule has 1 amide bonds. The standard InChI is InChI=1S/C14H17N3O2/c1-8-7-17(2)14(19)11-10(6-15-12(8)11)13(18)16-5-9-3-4-9/h6-7,9,15H,3-5H2,1-2H3,(H,16,18). The summed E-state index contributed by atoms with van der Waals surface area (Å²) in [5.41, 5.74) is 2.01. The molecule has 2 aromatic heterocycles. The number of H-pyrrole nitrogens is 1. The summed E-state index contributed by atoms with van der Waals surface area (Å²) in [5, 5.41) is 3.38. The quantitative estimate of drug-likeness (QED) is 0.873. The molecule has 1 aliphatic carbocycles. The van der Waals surface area contributed by atoms with Crippen LogP contribution >= 0.6 is 0 Å². The fourth-order valence-corrected chi connectivity index (χ4v) is 2.38. The Hall–Kier alpha value is -2.04. The largest absolute Gasteiger partial charge is 0.360 e. The third-order valence-corrected chi connectivity index (χ3v) is 3.69. The van der Waals surface area contributed by atoms with Crippen molar-refractivity contribution in [3.63, 3.8) is 0 Å². The Kier molecular flexibility index (Phi) is 2.69. The Morgan fingerprint density at radius 2 is 2.26 bits per heavy atom. The maximum absolute atomic E-state index is 12.2. The molecule has 5 heteroatoms. The van der Waals surface area contributed by atoms with Gasteiger partial charge in [0.15, 0.2) is 0 Å². The van der Waals surface area contributed by atoms with Crippen LogP contribution in [0.1, 0.15) is 28.8 Å². The van der Waals surface area contributed by atoms with Crippen LogP contribution in [0.2, 0.25) is 0 Å². The number of pyridine rings is 1. The second-order valence-corrected chi connectivity index (χ2v) is 5.33. The van der Waals surface area contributed by atoms with Crippen LogP contribution in [0, 0.1) is 12.8 Å². The summed E-state index contributed by atoms with van der Waals surface area (Å²) >= 11 is 0. The highest BCUT2D eigenvalue weighted by molar-refractivity contribution is 6.06. The van der Waals surface area contributed by atoms with Crippen LogP contribution in [0.25, 0.3) is 10.9 Å². The molecular weight excluding hydrogens is 242 g/mol. The van der Waals surface area contributed by atoms with E-state index in [2.05, 4.69) is 10.3 Å². The van der Waals surface area contributed by atoms with Crippen LogP contribution in [-0.4, -0.2) is 22.0 Å². The van der Waals surface area contributed by atoms with Crippen LogP contribution in [0.15, 0.2) is 17.2 Å². The van der Waals surface area contributed by atoms with E-state index in [4.69, 9.17) is 0 Å². The molecule has 0 atom stereocenters. The Balaban J connectivity index is 2.03. The second-order valence-electron chi connectivity index (χ2n) is 5.33. The number of rotatable bonds is 3. The predicted molar refractivity (Wildman–Crippen MR) is 73.3 cm³/mol. The molecule has 0 aromatic carbocycles. The summed E-state index contributed by atoms with van der Waals surface area (Å²) in [5.74, 6) is 0.458. The molecule has 0 saturated heterocycles. The normalized spacial score (nSPS) is 14.8. The van der Waals surface area contributed by atoms with Crippen molar-refractivity contribution in [2.75, 3.05) is 6.54 Å². The zero-order valence-electron chi connectivity index (χ0n) is 11.1. The van der Waals surface area contributed by atoms with Gasteiger partial charge in [0.25, 0.3) is 11.5 Å². The van der Waals surface area contributed by atoms with Crippen molar-refractivity contribution in [3.8, 4) is 0 Å². The molecule has 0 bridgehead atoms. The molecule has 100 valence electrons. The summed E-state index contributed by atoms with van der Waals surface area (Å²) in [6, 6.07) is 0. The van der Waals surface area contributed by atoms with Gasteiger partial charge in [0, 0.05) is 26.0 Å². The fraction of sp³-hybridized carbons (Fsp3) is 0.429. The van der Waals surface area contributed by atoms with E-state index in [0.717, 1.165) is 11.1 Å². The number of hydrogen-bond donors (Lipinski definition) is 2. The summed E-state index contributed by atoms with van der Waals surface area (Å²) in [6.07, 6.45) is 5.78. The average Bonchev–Trinajstić information content (AvgIpc) is 3.09. The highest BCUT2D eigenvalue weighted by Gasteiger charge is 2.23. The van der Waals surface area contributed by atoms with Gasteiger partial charge in [-0.05, 0) is 31.2 Å². The molecule has 3 rings (SSSR count). The van der Waals surface area contributed by atoms with E-state index in [1.54, 1.807) is 19.4 Å². The number of nitrogens with zero attached hydrogens (tertiary/aromatic N) is 1. The number of hydrogen-bond acceptors (Lipinski definition) is 2. The summed E-state index contributed by atoms with van der Waals surface area (Å²) in [4.78, 5) is 27.4. The minimum Gasteiger partial charge on any atom is -0.360 e. The Morgan fingerprint density at radius 3 is 2.95 bits per heavy atom. The highest BCUT2D eigenvalue weighted by Crippen LogP contribution is 2.27. The van der Waals surface area contributed by atoms with E-state index in [0.29, 0.717) is 23.4 Å². The number of aryl methyl sites for hydroxylation is 2. The van der Waals surface area contributed by atoms with Gasteiger partial charge in [-0.1, -0.05) is 0 Å². The average molecular weight is 259 g/mol. The third kappa shape index (κ3) is 2.05. The molecule has 1 fully saturated rings.